The fraction of sp³-hybridized carbons (Fsp3) is 0.556. The topological polar surface area (TPSA) is 62.6 Å². The summed E-state index contributed by atoms with van der Waals surface area (Å²) in [5.74, 6) is 0.727. The first-order valence-electron chi connectivity index (χ1n) is 8.20. The van der Waals surface area contributed by atoms with Crippen molar-refractivity contribution in [2.45, 2.75) is 32.1 Å². The highest BCUT2D eigenvalue weighted by molar-refractivity contribution is 5.81. The van der Waals surface area contributed by atoms with Crippen LogP contribution in [0.5, 0.6) is 11.5 Å². The molecule has 1 aromatic rings. The lowest BCUT2D eigenvalue weighted by Gasteiger charge is -2.22. The fourth-order valence-corrected chi connectivity index (χ4v) is 2.74. The molecule has 1 fully saturated rings. The maximum Gasteiger partial charge on any atom is 0.240 e. The zero-order valence-corrected chi connectivity index (χ0v) is 13.7. The Kier molecular flexibility index (Phi) is 6.74. The monoisotopic (exact) mass is 316 g/mol. The van der Waals surface area contributed by atoms with Gasteiger partial charge >= 0.3 is 0 Å². The van der Waals surface area contributed by atoms with Gasteiger partial charge in [0, 0.05) is 25.6 Å². The van der Waals surface area contributed by atoms with Gasteiger partial charge in [0.15, 0.2) is 0 Å². The maximum atomic E-state index is 12.5. The van der Waals surface area contributed by atoms with Crippen LogP contribution in [-0.4, -0.2) is 37.6 Å². The van der Waals surface area contributed by atoms with E-state index in [1.807, 2.05) is 23.1 Å². The van der Waals surface area contributed by atoms with E-state index in [2.05, 4.69) is 6.07 Å². The van der Waals surface area contributed by atoms with E-state index in [-0.39, 0.29) is 5.91 Å². The number of hydrogen-bond donors (Lipinski definition) is 0. The summed E-state index contributed by atoms with van der Waals surface area (Å²) in [6, 6.07) is 9.44. The van der Waals surface area contributed by atoms with Crippen LogP contribution in [-0.2, 0) is 4.79 Å². The Morgan fingerprint density at radius 2 is 1.96 bits per heavy atom. The molecule has 1 aromatic carbocycles. The van der Waals surface area contributed by atoms with Crippen LogP contribution in [0.1, 0.15) is 32.1 Å². The number of rotatable bonds is 6. The summed E-state index contributed by atoms with van der Waals surface area (Å²) in [5.41, 5.74) is 0. The standard InChI is InChI=1S/C18H24N2O3/c1-22-16-7-6-8-17(13-16)23-12-9-15(14-19)18(21)20-10-4-2-3-5-11-20/h6-8,13,15H,2-5,9-12H2,1H3. The van der Waals surface area contributed by atoms with Crippen molar-refractivity contribution in [1.82, 2.24) is 4.90 Å². The number of carbonyl (C=O) groups excluding carboxylic acids is 1. The predicted octanol–water partition coefficient (Wildman–Crippen LogP) is 3.01. The van der Waals surface area contributed by atoms with Gasteiger partial charge in [-0.15, -0.1) is 0 Å². The van der Waals surface area contributed by atoms with Crippen molar-refractivity contribution >= 4 is 5.91 Å². The summed E-state index contributed by atoms with van der Waals surface area (Å²) < 4.78 is 10.8. The Morgan fingerprint density at radius 3 is 2.61 bits per heavy atom. The van der Waals surface area contributed by atoms with Crippen LogP contribution in [0, 0.1) is 17.2 Å². The molecule has 1 unspecified atom stereocenters. The molecule has 2 rings (SSSR count). The first-order chi connectivity index (χ1) is 11.2. The van der Waals surface area contributed by atoms with Crippen LogP contribution in [0.2, 0.25) is 0 Å². The van der Waals surface area contributed by atoms with Gasteiger partial charge in [-0.3, -0.25) is 4.79 Å². The average molecular weight is 316 g/mol. The minimum absolute atomic E-state index is 0.0522. The molecule has 5 nitrogen and oxygen atoms in total. The zero-order chi connectivity index (χ0) is 16.5. The van der Waals surface area contributed by atoms with E-state index >= 15 is 0 Å². The summed E-state index contributed by atoms with van der Waals surface area (Å²) in [7, 11) is 1.60. The van der Waals surface area contributed by atoms with Gasteiger partial charge in [-0.2, -0.15) is 5.26 Å². The minimum atomic E-state index is -0.626. The van der Waals surface area contributed by atoms with Crippen molar-refractivity contribution in [3.63, 3.8) is 0 Å². The lowest BCUT2D eigenvalue weighted by atomic mass is 10.1. The zero-order valence-electron chi connectivity index (χ0n) is 13.7. The second-order valence-corrected chi connectivity index (χ2v) is 5.74. The number of likely N-dealkylation sites (tertiary alicyclic amines) is 1. The molecule has 1 aliphatic heterocycles. The van der Waals surface area contributed by atoms with Gasteiger partial charge in [0.25, 0.3) is 0 Å². The third kappa shape index (κ3) is 5.17. The third-order valence-electron chi connectivity index (χ3n) is 4.09. The summed E-state index contributed by atoms with van der Waals surface area (Å²) in [4.78, 5) is 14.3. The largest absolute Gasteiger partial charge is 0.497 e. The third-order valence-corrected chi connectivity index (χ3v) is 4.09. The molecule has 1 heterocycles. The van der Waals surface area contributed by atoms with Crippen LogP contribution < -0.4 is 9.47 Å². The number of nitriles is 1. The van der Waals surface area contributed by atoms with Crippen molar-refractivity contribution < 1.29 is 14.3 Å². The van der Waals surface area contributed by atoms with E-state index in [1.165, 1.54) is 12.8 Å². The van der Waals surface area contributed by atoms with Gasteiger partial charge < -0.3 is 14.4 Å². The van der Waals surface area contributed by atoms with E-state index in [0.717, 1.165) is 31.7 Å². The highest BCUT2D eigenvalue weighted by Gasteiger charge is 2.24. The number of methoxy groups -OCH3 is 1. The molecule has 0 saturated carbocycles. The Morgan fingerprint density at radius 1 is 1.26 bits per heavy atom. The van der Waals surface area contributed by atoms with Gasteiger partial charge in [-0.25, -0.2) is 0 Å². The lowest BCUT2D eigenvalue weighted by Crippen LogP contribution is -2.37. The molecule has 0 radical (unpaired) electrons. The summed E-state index contributed by atoms with van der Waals surface area (Å²) in [6.45, 7) is 1.88. The number of nitrogens with zero attached hydrogens (tertiary/aromatic N) is 2. The van der Waals surface area contributed by atoms with Crippen LogP contribution in [0.4, 0.5) is 0 Å². The van der Waals surface area contributed by atoms with E-state index in [4.69, 9.17) is 9.47 Å². The lowest BCUT2D eigenvalue weighted by molar-refractivity contribution is -0.134. The van der Waals surface area contributed by atoms with Crippen molar-refractivity contribution in [2.75, 3.05) is 26.8 Å². The smallest absolute Gasteiger partial charge is 0.240 e. The average Bonchev–Trinajstić information content (AvgIpc) is 2.88. The molecule has 1 aliphatic rings. The molecule has 1 atom stereocenters. The molecule has 1 saturated heterocycles. The van der Waals surface area contributed by atoms with Crippen LogP contribution in [0.15, 0.2) is 24.3 Å². The fourth-order valence-electron chi connectivity index (χ4n) is 2.74. The Labute approximate surface area is 137 Å². The first kappa shape index (κ1) is 17.1. The molecule has 0 N–H and O–H groups in total. The number of amides is 1. The Hall–Kier alpha value is -2.22. The molecule has 124 valence electrons. The quantitative estimate of drug-likeness (QED) is 0.809. The highest BCUT2D eigenvalue weighted by Crippen LogP contribution is 2.20. The first-order valence-corrected chi connectivity index (χ1v) is 8.20. The normalized spacial score (nSPS) is 16.1. The molecule has 0 aromatic heterocycles. The molecule has 0 aliphatic carbocycles. The summed E-state index contributed by atoms with van der Waals surface area (Å²) in [5, 5.41) is 9.30. The van der Waals surface area contributed by atoms with Gasteiger partial charge in [-0.1, -0.05) is 18.9 Å². The van der Waals surface area contributed by atoms with Gasteiger partial charge in [0.05, 0.1) is 19.8 Å². The van der Waals surface area contributed by atoms with Crippen molar-refractivity contribution in [2.24, 2.45) is 5.92 Å². The second kappa shape index (κ2) is 9.04. The molecule has 1 amide bonds. The van der Waals surface area contributed by atoms with E-state index in [1.54, 1.807) is 13.2 Å². The molecular weight excluding hydrogens is 292 g/mol. The minimum Gasteiger partial charge on any atom is -0.497 e. The predicted molar refractivity (Wildman–Crippen MR) is 87.3 cm³/mol. The van der Waals surface area contributed by atoms with E-state index in [0.29, 0.717) is 18.8 Å². The summed E-state index contributed by atoms with van der Waals surface area (Å²) in [6.07, 6.45) is 4.80. The Balaban J connectivity index is 1.84. The van der Waals surface area contributed by atoms with Crippen LogP contribution in [0.3, 0.4) is 0 Å². The van der Waals surface area contributed by atoms with E-state index < -0.39 is 5.92 Å². The molecular formula is C18H24N2O3. The molecule has 5 heteroatoms. The van der Waals surface area contributed by atoms with Crippen LogP contribution >= 0.6 is 0 Å². The van der Waals surface area contributed by atoms with Crippen molar-refractivity contribution in [1.29, 1.82) is 5.26 Å². The number of carbonyl (C=O) groups is 1. The van der Waals surface area contributed by atoms with Gasteiger partial charge in [0.2, 0.25) is 5.91 Å². The van der Waals surface area contributed by atoms with Crippen molar-refractivity contribution in [3.8, 4) is 17.6 Å². The molecule has 0 spiro atoms. The van der Waals surface area contributed by atoms with Gasteiger partial charge in [-0.05, 0) is 25.0 Å². The molecule has 23 heavy (non-hydrogen) atoms. The summed E-state index contributed by atoms with van der Waals surface area (Å²) >= 11 is 0. The number of ether oxygens (including phenoxy) is 2. The molecule has 0 bridgehead atoms. The number of benzene rings is 1. The van der Waals surface area contributed by atoms with Gasteiger partial charge in [0.1, 0.15) is 17.4 Å². The van der Waals surface area contributed by atoms with Crippen molar-refractivity contribution in [3.05, 3.63) is 24.3 Å². The Bertz CT molecular complexity index is 545. The SMILES string of the molecule is COc1cccc(OCCC(C#N)C(=O)N2CCCCCC2)c1. The van der Waals surface area contributed by atoms with E-state index in [9.17, 15) is 10.1 Å². The van der Waals surface area contributed by atoms with Crippen LogP contribution in [0.25, 0.3) is 0 Å². The highest BCUT2D eigenvalue weighted by atomic mass is 16.5. The maximum absolute atomic E-state index is 12.5. The number of hydrogen-bond acceptors (Lipinski definition) is 4. The second-order valence-electron chi connectivity index (χ2n) is 5.74.